The fourth-order valence-electron chi connectivity index (χ4n) is 6.14. The van der Waals surface area contributed by atoms with Gasteiger partial charge in [0.05, 0.1) is 5.56 Å². The monoisotopic (exact) mass is 433 g/mol. The molecule has 5 nitrogen and oxygen atoms in total. The van der Waals surface area contributed by atoms with E-state index in [1.165, 1.54) is 12.8 Å². The van der Waals surface area contributed by atoms with E-state index in [2.05, 4.69) is 19.2 Å². The van der Waals surface area contributed by atoms with Crippen molar-refractivity contribution in [3.63, 3.8) is 0 Å². The number of hydrogen-bond donors (Lipinski definition) is 1. The van der Waals surface area contributed by atoms with Gasteiger partial charge in [-0.1, -0.05) is 64.2 Å². The molecule has 2 fully saturated rings. The highest BCUT2D eigenvalue weighted by molar-refractivity contribution is 6.17. The molecule has 0 aliphatic heterocycles. The average molecular weight is 434 g/mol. The van der Waals surface area contributed by atoms with E-state index >= 15 is 0 Å². The molecule has 5 heteroatoms. The zero-order valence-corrected chi connectivity index (χ0v) is 19.6. The van der Waals surface area contributed by atoms with Crippen molar-refractivity contribution in [2.45, 2.75) is 77.3 Å². The topological polar surface area (TPSA) is 56.0 Å². The molecule has 0 bridgehead atoms. The Hall–Kier alpha value is -2.56. The van der Waals surface area contributed by atoms with E-state index in [0.717, 1.165) is 54.8 Å². The van der Waals surface area contributed by atoms with E-state index in [-0.39, 0.29) is 23.6 Å². The van der Waals surface area contributed by atoms with E-state index in [9.17, 15) is 9.59 Å². The maximum atomic E-state index is 13.7. The number of benzene rings is 1. The van der Waals surface area contributed by atoms with Crippen molar-refractivity contribution in [3.05, 3.63) is 46.4 Å². The normalized spacial score (nSPS) is 24.8. The summed E-state index contributed by atoms with van der Waals surface area (Å²) < 4.78 is 3.86. The average Bonchev–Trinajstić information content (AvgIpc) is 3.11. The van der Waals surface area contributed by atoms with Crippen LogP contribution in [-0.2, 0) is 7.05 Å². The minimum Gasteiger partial charge on any atom is -0.349 e. The number of fused-ring (bicyclic) bond motifs is 3. The molecular formula is C27H35N3O2. The molecule has 170 valence electrons. The summed E-state index contributed by atoms with van der Waals surface area (Å²) in [4.78, 5) is 27.4. The molecule has 1 amide bonds. The number of aryl methyl sites for hydroxylation is 1. The molecule has 3 unspecified atom stereocenters. The van der Waals surface area contributed by atoms with E-state index in [1.54, 1.807) is 0 Å². The fraction of sp³-hybridized carbons (Fsp3) is 0.556. The molecule has 2 saturated carbocycles. The van der Waals surface area contributed by atoms with E-state index in [0.29, 0.717) is 22.9 Å². The van der Waals surface area contributed by atoms with Crippen LogP contribution < -0.4 is 10.9 Å². The second-order valence-corrected chi connectivity index (χ2v) is 10.2. The summed E-state index contributed by atoms with van der Waals surface area (Å²) in [5.41, 5.74) is 2.32. The van der Waals surface area contributed by atoms with Gasteiger partial charge in [-0.2, -0.15) is 0 Å². The molecule has 0 spiro atoms. The standard InChI is InChI=1S/C27H35N3O2/c1-17-10-9-14-22(18(17)2)28-26(31)21-16-30(19-11-5-4-6-12-19)27(32)25-24(21)20-13-7-8-15-23(20)29(25)3/h7-8,13,15-19,22H,4-6,9-12,14H2,1-3H3,(H,28,31). The van der Waals surface area contributed by atoms with Gasteiger partial charge >= 0.3 is 0 Å². The first kappa shape index (κ1) is 21.3. The van der Waals surface area contributed by atoms with Gasteiger partial charge in [0.25, 0.3) is 11.5 Å². The van der Waals surface area contributed by atoms with Crippen molar-refractivity contribution < 1.29 is 4.79 Å². The molecule has 5 rings (SSSR count). The van der Waals surface area contributed by atoms with Crippen LogP contribution in [0.3, 0.4) is 0 Å². The second-order valence-electron chi connectivity index (χ2n) is 10.2. The highest BCUT2D eigenvalue weighted by Gasteiger charge is 2.30. The van der Waals surface area contributed by atoms with Crippen LogP contribution in [0, 0.1) is 11.8 Å². The van der Waals surface area contributed by atoms with Crippen LogP contribution in [0.5, 0.6) is 0 Å². The largest absolute Gasteiger partial charge is 0.349 e. The van der Waals surface area contributed by atoms with Gasteiger partial charge in [-0.25, -0.2) is 0 Å². The lowest BCUT2D eigenvalue weighted by molar-refractivity contribution is 0.0891. The van der Waals surface area contributed by atoms with Gasteiger partial charge < -0.3 is 14.5 Å². The maximum absolute atomic E-state index is 13.7. The van der Waals surface area contributed by atoms with Crippen LogP contribution in [0.1, 0.15) is 81.6 Å². The fourth-order valence-corrected chi connectivity index (χ4v) is 6.14. The first-order chi connectivity index (χ1) is 15.5. The first-order valence-corrected chi connectivity index (χ1v) is 12.4. The Balaban J connectivity index is 1.67. The molecule has 2 heterocycles. The number of amides is 1. The van der Waals surface area contributed by atoms with Crippen molar-refractivity contribution in [2.24, 2.45) is 18.9 Å². The molecule has 0 radical (unpaired) electrons. The number of nitrogens with one attached hydrogen (secondary N) is 1. The summed E-state index contributed by atoms with van der Waals surface area (Å²) in [6.07, 6.45) is 10.8. The third-order valence-corrected chi connectivity index (χ3v) is 8.32. The number of carbonyl (C=O) groups is 1. The number of aromatic nitrogens is 2. The summed E-state index contributed by atoms with van der Waals surface area (Å²) in [6, 6.07) is 8.41. The minimum atomic E-state index is -0.0399. The minimum absolute atomic E-state index is 0.0295. The molecule has 1 aromatic carbocycles. The van der Waals surface area contributed by atoms with Gasteiger partial charge in [0.15, 0.2) is 0 Å². The van der Waals surface area contributed by atoms with Crippen LogP contribution in [-0.4, -0.2) is 21.1 Å². The second kappa shape index (κ2) is 8.42. The predicted octanol–water partition coefficient (Wildman–Crippen LogP) is 5.55. The zero-order valence-electron chi connectivity index (χ0n) is 19.6. The summed E-state index contributed by atoms with van der Waals surface area (Å²) in [7, 11) is 1.95. The number of hydrogen-bond acceptors (Lipinski definition) is 2. The SMILES string of the molecule is CC1CCCC(NC(=O)c2cn(C3CCCCC3)c(=O)c3c2c2ccccc2n3C)C1C. The summed E-state index contributed by atoms with van der Waals surface area (Å²) in [6.45, 7) is 4.54. The van der Waals surface area contributed by atoms with Crippen molar-refractivity contribution in [2.75, 3.05) is 0 Å². The number of carbonyl (C=O) groups excluding carboxylic acids is 1. The van der Waals surface area contributed by atoms with Gasteiger partial charge in [-0.05, 0) is 37.2 Å². The van der Waals surface area contributed by atoms with Crippen LogP contribution in [0.25, 0.3) is 21.8 Å². The Labute approximate surface area is 189 Å². The van der Waals surface area contributed by atoms with Gasteiger partial charge in [0, 0.05) is 41.6 Å². The third kappa shape index (κ3) is 3.46. The summed E-state index contributed by atoms with van der Waals surface area (Å²) >= 11 is 0. The van der Waals surface area contributed by atoms with E-state index < -0.39 is 0 Å². The molecular weight excluding hydrogens is 398 g/mol. The smallest absolute Gasteiger partial charge is 0.275 e. The Kier molecular flexibility index (Phi) is 5.60. The lowest BCUT2D eigenvalue weighted by Gasteiger charge is -2.34. The van der Waals surface area contributed by atoms with E-state index in [4.69, 9.17) is 0 Å². The number of nitrogens with zero attached hydrogens (tertiary/aromatic N) is 2. The van der Waals surface area contributed by atoms with Crippen molar-refractivity contribution in [1.29, 1.82) is 0 Å². The van der Waals surface area contributed by atoms with Crippen LogP contribution in [0.2, 0.25) is 0 Å². The molecule has 0 saturated heterocycles. The highest BCUT2D eigenvalue weighted by atomic mass is 16.2. The maximum Gasteiger partial charge on any atom is 0.275 e. The zero-order chi connectivity index (χ0) is 22.4. The Bertz CT molecular complexity index is 1220. The Morgan fingerprint density at radius 3 is 2.53 bits per heavy atom. The van der Waals surface area contributed by atoms with Gasteiger partial charge in [-0.15, -0.1) is 0 Å². The molecule has 32 heavy (non-hydrogen) atoms. The quantitative estimate of drug-likeness (QED) is 0.588. The number of rotatable bonds is 3. The summed E-state index contributed by atoms with van der Waals surface area (Å²) in [5.74, 6) is 1.03. The molecule has 2 aromatic heterocycles. The van der Waals surface area contributed by atoms with Gasteiger partial charge in [-0.3, -0.25) is 9.59 Å². The van der Waals surface area contributed by atoms with E-state index in [1.807, 2.05) is 46.6 Å². The number of pyridine rings is 1. The van der Waals surface area contributed by atoms with Crippen LogP contribution in [0.15, 0.2) is 35.3 Å². The van der Waals surface area contributed by atoms with Gasteiger partial charge in [0.2, 0.25) is 0 Å². The molecule has 3 atom stereocenters. The molecule has 2 aliphatic rings. The molecule has 2 aliphatic carbocycles. The molecule has 3 aromatic rings. The number of para-hydroxylation sites is 1. The van der Waals surface area contributed by atoms with Crippen LogP contribution >= 0.6 is 0 Å². The van der Waals surface area contributed by atoms with Crippen molar-refractivity contribution in [3.8, 4) is 0 Å². The van der Waals surface area contributed by atoms with Crippen molar-refractivity contribution >= 4 is 27.7 Å². The predicted molar refractivity (Wildman–Crippen MR) is 130 cm³/mol. The highest BCUT2D eigenvalue weighted by Crippen LogP contribution is 2.33. The van der Waals surface area contributed by atoms with Gasteiger partial charge in [0.1, 0.15) is 5.52 Å². The lowest BCUT2D eigenvalue weighted by atomic mass is 9.78. The third-order valence-electron chi connectivity index (χ3n) is 8.32. The first-order valence-electron chi connectivity index (χ1n) is 12.4. The Morgan fingerprint density at radius 2 is 1.75 bits per heavy atom. The lowest BCUT2D eigenvalue weighted by Crippen LogP contribution is -2.44. The Morgan fingerprint density at radius 1 is 1.00 bits per heavy atom. The van der Waals surface area contributed by atoms with Crippen molar-refractivity contribution in [1.82, 2.24) is 14.5 Å². The summed E-state index contributed by atoms with van der Waals surface area (Å²) in [5, 5.41) is 5.15. The molecule has 1 N–H and O–H groups in total. The van der Waals surface area contributed by atoms with Crippen LogP contribution in [0.4, 0.5) is 0 Å².